The van der Waals surface area contributed by atoms with Gasteiger partial charge in [-0.05, 0) is 30.7 Å². The van der Waals surface area contributed by atoms with Crippen molar-refractivity contribution in [3.8, 4) is 5.75 Å². The molecule has 0 radical (unpaired) electrons. The van der Waals surface area contributed by atoms with Crippen LogP contribution in [0.25, 0.3) is 0 Å². The van der Waals surface area contributed by atoms with E-state index in [1.807, 2.05) is 24.3 Å². The summed E-state index contributed by atoms with van der Waals surface area (Å²) in [7, 11) is 0. The summed E-state index contributed by atoms with van der Waals surface area (Å²) in [4.78, 5) is 0. The van der Waals surface area contributed by atoms with Crippen LogP contribution in [0, 0.1) is 0 Å². The molecule has 1 aromatic rings. The van der Waals surface area contributed by atoms with Crippen LogP contribution in [0.3, 0.4) is 0 Å². The minimum Gasteiger partial charge on any atom is -0.491 e. The van der Waals surface area contributed by atoms with E-state index in [0.29, 0.717) is 26.4 Å². The number of hydrogen-bond donors (Lipinski definition) is 1. The normalized spacial score (nSPS) is 11.2. The van der Waals surface area contributed by atoms with E-state index in [2.05, 4.69) is 6.92 Å². The van der Waals surface area contributed by atoms with E-state index in [-0.39, 0.29) is 0 Å². The first kappa shape index (κ1) is 28.8. The predicted octanol–water partition coefficient (Wildman–Crippen LogP) is 7.94. The molecule has 1 aromatic carbocycles. The fraction of sp³-hybridized carbons (Fsp3) is 0.786. The Morgan fingerprint density at radius 2 is 0.906 bits per heavy atom. The molecule has 0 saturated heterocycles. The summed E-state index contributed by atoms with van der Waals surface area (Å²) in [5, 5.41) is 0. The van der Waals surface area contributed by atoms with E-state index >= 15 is 0 Å². The van der Waals surface area contributed by atoms with Gasteiger partial charge in [0.2, 0.25) is 0 Å². The van der Waals surface area contributed by atoms with Crippen molar-refractivity contribution in [3.05, 3.63) is 24.3 Å². The summed E-state index contributed by atoms with van der Waals surface area (Å²) in [6.07, 6.45) is 22.4. The van der Waals surface area contributed by atoms with E-state index < -0.39 is 0 Å². The van der Waals surface area contributed by atoms with Crippen molar-refractivity contribution in [2.24, 2.45) is 0 Å². The number of anilines is 1. The highest BCUT2D eigenvalue weighted by molar-refractivity contribution is 5.41. The van der Waals surface area contributed by atoms with Crippen LogP contribution in [0.15, 0.2) is 24.3 Å². The molecule has 0 aliphatic heterocycles. The van der Waals surface area contributed by atoms with Crippen molar-refractivity contribution in [1.29, 1.82) is 0 Å². The first-order valence-corrected chi connectivity index (χ1v) is 13.5. The Morgan fingerprint density at radius 3 is 1.41 bits per heavy atom. The van der Waals surface area contributed by atoms with E-state index in [4.69, 9.17) is 19.9 Å². The molecule has 0 fully saturated rings. The first-order chi connectivity index (χ1) is 15.8. The average molecular weight is 450 g/mol. The lowest BCUT2D eigenvalue weighted by Gasteiger charge is -2.08. The lowest BCUT2D eigenvalue weighted by Crippen LogP contribution is -2.11. The van der Waals surface area contributed by atoms with E-state index in [9.17, 15) is 0 Å². The van der Waals surface area contributed by atoms with Crippen LogP contribution in [-0.2, 0) is 9.47 Å². The molecule has 0 spiro atoms. The maximum Gasteiger partial charge on any atom is 0.119 e. The Morgan fingerprint density at radius 1 is 0.500 bits per heavy atom. The lowest BCUT2D eigenvalue weighted by atomic mass is 10.0. The summed E-state index contributed by atoms with van der Waals surface area (Å²) in [5.74, 6) is 0.822. The Balaban J connectivity index is 1.67. The van der Waals surface area contributed by atoms with Gasteiger partial charge in [0.05, 0.1) is 19.8 Å². The Hall–Kier alpha value is -1.26. The maximum atomic E-state index is 5.65. The van der Waals surface area contributed by atoms with Gasteiger partial charge in [0.15, 0.2) is 0 Å². The minimum atomic E-state index is 0.545. The molecule has 0 aliphatic carbocycles. The molecule has 0 atom stereocenters. The zero-order valence-corrected chi connectivity index (χ0v) is 21.0. The number of unbranched alkanes of at least 4 members (excludes halogenated alkanes) is 15. The molecule has 2 N–H and O–H groups in total. The van der Waals surface area contributed by atoms with E-state index in [0.717, 1.165) is 18.0 Å². The number of hydrogen-bond acceptors (Lipinski definition) is 4. The Bertz CT molecular complexity index is 492. The summed E-state index contributed by atoms with van der Waals surface area (Å²) >= 11 is 0. The fourth-order valence-corrected chi connectivity index (χ4v) is 3.86. The average Bonchev–Trinajstić information content (AvgIpc) is 2.81. The molecule has 32 heavy (non-hydrogen) atoms. The van der Waals surface area contributed by atoms with Crippen LogP contribution >= 0.6 is 0 Å². The SMILES string of the molecule is CCCCCCCCCCCCCCCCCCOCCOCCOc1ccc(N)cc1. The van der Waals surface area contributed by atoms with Crippen LogP contribution in [0.1, 0.15) is 110 Å². The minimum absolute atomic E-state index is 0.545. The van der Waals surface area contributed by atoms with Gasteiger partial charge in [-0.15, -0.1) is 0 Å². The lowest BCUT2D eigenvalue weighted by molar-refractivity contribution is 0.0352. The van der Waals surface area contributed by atoms with Gasteiger partial charge in [-0.2, -0.15) is 0 Å². The topological polar surface area (TPSA) is 53.7 Å². The molecule has 0 heterocycles. The van der Waals surface area contributed by atoms with Crippen molar-refractivity contribution in [1.82, 2.24) is 0 Å². The summed E-state index contributed by atoms with van der Waals surface area (Å²) < 4.78 is 16.8. The number of ether oxygens (including phenoxy) is 3. The number of rotatable bonds is 24. The molecular weight excluding hydrogens is 398 g/mol. The highest BCUT2D eigenvalue weighted by atomic mass is 16.5. The summed E-state index contributed by atoms with van der Waals surface area (Å²) in [6, 6.07) is 7.42. The maximum absolute atomic E-state index is 5.65. The second-order valence-corrected chi connectivity index (χ2v) is 8.95. The van der Waals surface area contributed by atoms with Crippen molar-refractivity contribution in [2.75, 3.05) is 38.8 Å². The molecular formula is C28H51NO3. The first-order valence-electron chi connectivity index (χ1n) is 13.5. The second-order valence-electron chi connectivity index (χ2n) is 8.95. The van der Waals surface area contributed by atoms with Crippen LogP contribution in [-0.4, -0.2) is 33.0 Å². The largest absolute Gasteiger partial charge is 0.491 e. The number of nitrogen functional groups attached to an aromatic ring is 1. The molecule has 0 saturated carbocycles. The van der Waals surface area contributed by atoms with Gasteiger partial charge < -0.3 is 19.9 Å². The van der Waals surface area contributed by atoms with Crippen molar-refractivity contribution < 1.29 is 14.2 Å². The molecule has 1 rings (SSSR count). The number of benzene rings is 1. The van der Waals surface area contributed by atoms with Gasteiger partial charge in [-0.1, -0.05) is 103 Å². The molecule has 0 aliphatic rings. The molecule has 186 valence electrons. The van der Waals surface area contributed by atoms with Crippen molar-refractivity contribution in [3.63, 3.8) is 0 Å². The van der Waals surface area contributed by atoms with Crippen LogP contribution in [0.2, 0.25) is 0 Å². The Labute approximate surface area is 198 Å². The zero-order chi connectivity index (χ0) is 23.0. The number of nitrogens with two attached hydrogens (primary N) is 1. The predicted molar refractivity (Wildman–Crippen MR) is 138 cm³/mol. The summed E-state index contributed by atoms with van der Waals surface area (Å²) in [5.41, 5.74) is 6.39. The molecule has 0 amide bonds. The van der Waals surface area contributed by atoms with E-state index in [1.165, 1.54) is 103 Å². The molecule has 4 heteroatoms. The molecule has 4 nitrogen and oxygen atoms in total. The quantitative estimate of drug-likeness (QED) is 0.128. The standard InChI is InChI=1S/C28H51NO3/c1-2-3-4-5-6-7-8-9-10-11-12-13-14-15-16-17-22-30-23-24-31-25-26-32-28-20-18-27(29)19-21-28/h18-21H,2-17,22-26,29H2,1H3. The third-order valence-electron chi connectivity index (χ3n) is 5.89. The third-order valence-corrected chi connectivity index (χ3v) is 5.89. The van der Waals surface area contributed by atoms with Gasteiger partial charge >= 0.3 is 0 Å². The zero-order valence-electron chi connectivity index (χ0n) is 21.0. The van der Waals surface area contributed by atoms with Crippen LogP contribution in [0.5, 0.6) is 5.75 Å². The van der Waals surface area contributed by atoms with Gasteiger partial charge in [-0.25, -0.2) is 0 Å². The smallest absolute Gasteiger partial charge is 0.119 e. The molecule has 0 aromatic heterocycles. The summed E-state index contributed by atoms with van der Waals surface area (Å²) in [6.45, 7) is 5.56. The van der Waals surface area contributed by atoms with Gasteiger partial charge in [0.25, 0.3) is 0 Å². The monoisotopic (exact) mass is 449 g/mol. The van der Waals surface area contributed by atoms with Crippen molar-refractivity contribution >= 4 is 5.69 Å². The van der Waals surface area contributed by atoms with Crippen molar-refractivity contribution in [2.45, 2.75) is 110 Å². The fourth-order valence-electron chi connectivity index (χ4n) is 3.86. The van der Waals surface area contributed by atoms with Crippen LogP contribution in [0.4, 0.5) is 5.69 Å². The van der Waals surface area contributed by atoms with E-state index in [1.54, 1.807) is 0 Å². The van der Waals surface area contributed by atoms with Gasteiger partial charge in [-0.3, -0.25) is 0 Å². The van der Waals surface area contributed by atoms with Gasteiger partial charge in [0, 0.05) is 12.3 Å². The van der Waals surface area contributed by atoms with Gasteiger partial charge in [0.1, 0.15) is 12.4 Å². The second kappa shape index (κ2) is 22.9. The Kier molecular flexibility index (Phi) is 20.6. The molecule has 0 unspecified atom stereocenters. The highest BCUT2D eigenvalue weighted by Crippen LogP contribution is 2.14. The van der Waals surface area contributed by atoms with Crippen LogP contribution < -0.4 is 10.5 Å². The highest BCUT2D eigenvalue weighted by Gasteiger charge is 1.96. The third kappa shape index (κ3) is 19.4. The molecule has 0 bridgehead atoms.